The van der Waals surface area contributed by atoms with Crippen molar-refractivity contribution in [3.8, 4) is 0 Å². The van der Waals surface area contributed by atoms with Crippen molar-refractivity contribution in [1.82, 2.24) is 0 Å². The second-order valence-electron chi connectivity index (χ2n) is 6.20. The van der Waals surface area contributed by atoms with Crippen LogP contribution in [0.15, 0.2) is 24.3 Å². The lowest BCUT2D eigenvalue weighted by Crippen LogP contribution is -2.14. The van der Waals surface area contributed by atoms with Gasteiger partial charge in [0.1, 0.15) is 0 Å². The standard InChI is InChI=1S/C16H27N/c1-5-6-13-7-9-14(10-8-13)15(17)11-12-16(2,3)4/h7-10,15H,5-6,11-12,17H2,1-4H3. The highest BCUT2D eigenvalue weighted by atomic mass is 14.6. The van der Waals surface area contributed by atoms with Crippen molar-refractivity contribution in [3.05, 3.63) is 35.4 Å². The number of benzene rings is 1. The third-order valence-electron chi connectivity index (χ3n) is 3.15. The third-order valence-corrected chi connectivity index (χ3v) is 3.15. The molecule has 96 valence electrons. The molecule has 2 N–H and O–H groups in total. The van der Waals surface area contributed by atoms with Gasteiger partial charge in [-0.1, -0.05) is 58.4 Å². The molecule has 1 aromatic carbocycles. The lowest BCUT2D eigenvalue weighted by atomic mass is 9.87. The van der Waals surface area contributed by atoms with Gasteiger partial charge in [0.25, 0.3) is 0 Å². The van der Waals surface area contributed by atoms with Gasteiger partial charge in [-0.25, -0.2) is 0 Å². The maximum atomic E-state index is 6.23. The lowest BCUT2D eigenvalue weighted by molar-refractivity contribution is 0.350. The molecule has 1 rings (SSSR count). The van der Waals surface area contributed by atoms with Crippen LogP contribution in [0, 0.1) is 5.41 Å². The van der Waals surface area contributed by atoms with E-state index in [0.717, 1.165) is 12.8 Å². The summed E-state index contributed by atoms with van der Waals surface area (Å²) in [6.07, 6.45) is 4.61. The summed E-state index contributed by atoms with van der Waals surface area (Å²) in [5.74, 6) is 0. The summed E-state index contributed by atoms with van der Waals surface area (Å²) in [5.41, 5.74) is 9.29. The van der Waals surface area contributed by atoms with Crippen LogP contribution < -0.4 is 5.73 Å². The van der Waals surface area contributed by atoms with Crippen LogP contribution in [0.1, 0.15) is 64.1 Å². The van der Waals surface area contributed by atoms with Crippen molar-refractivity contribution in [2.45, 2.75) is 59.4 Å². The van der Waals surface area contributed by atoms with E-state index in [2.05, 4.69) is 52.0 Å². The van der Waals surface area contributed by atoms with Crippen LogP contribution in [0.5, 0.6) is 0 Å². The van der Waals surface area contributed by atoms with Crippen molar-refractivity contribution < 1.29 is 0 Å². The Morgan fingerprint density at radius 1 is 1.12 bits per heavy atom. The second-order valence-corrected chi connectivity index (χ2v) is 6.20. The van der Waals surface area contributed by atoms with Crippen molar-refractivity contribution in [2.24, 2.45) is 11.1 Å². The summed E-state index contributed by atoms with van der Waals surface area (Å²) < 4.78 is 0. The molecule has 1 aromatic rings. The van der Waals surface area contributed by atoms with E-state index in [0.29, 0.717) is 5.41 Å². The highest BCUT2D eigenvalue weighted by Gasteiger charge is 2.13. The first-order chi connectivity index (χ1) is 7.92. The zero-order valence-corrected chi connectivity index (χ0v) is 11.8. The fraction of sp³-hybridized carbons (Fsp3) is 0.625. The quantitative estimate of drug-likeness (QED) is 0.798. The van der Waals surface area contributed by atoms with E-state index in [4.69, 9.17) is 5.73 Å². The van der Waals surface area contributed by atoms with Gasteiger partial charge in [0.15, 0.2) is 0 Å². The number of aryl methyl sites for hydroxylation is 1. The van der Waals surface area contributed by atoms with Crippen LogP contribution in [0.25, 0.3) is 0 Å². The summed E-state index contributed by atoms with van der Waals surface area (Å²) in [5, 5.41) is 0. The van der Waals surface area contributed by atoms with Crippen LogP contribution in [0.4, 0.5) is 0 Å². The first kappa shape index (κ1) is 14.2. The van der Waals surface area contributed by atoms with E-state index in [1.54, 1.807) is 0 Å². The Kier molecular flexibility index (Phi) is 5.20. The first-order valence-corrected chi connectivity index (χ1v) is 6.77. The Labute approximate surface area is 106 Å². The maximum absolute atomic E-state index is 6.23. The molecule has 0 amide bonds. The van der Waals surface area contributed by atoms with Gasteiger partial charge in [0, 0.05) is 6.04 Å². The van der Waals surface area contributed by atoms with Crippen LogP contribution >= 0.6 is 0 Å². The summed E-state index contributed by atoms with van der Waals surface area (Å²) in [4.78, 5) is 0. The molecule has 0 saturated carbocycles. The summed E-state index contributed by atoms with van der Waals surface area (Å²) in [7, 11) is 0. The predicted octanol–water partition coefficient (Wildman–Crippen LogP) is 4.47. The minimum Gasteiger partial charge on any atom is -0.324 e. The fourth-order valence-corrected chi connectivity index (χ4v) is 1.98. The second kappa shape index (κ2) is 6.20. The predicted molar refractivity (Wildman–Crippen MR) is 76.1 cm³/mol. The van der Waals surface area contributed by atoms with Crippen molar-refractivity contribution in [1.29, 1.82) is 0 Å². The topological polar surface area (TPSA) is 26.0 Å². The molecule has 17 heavy (non-hydrogen) atoms. The van der Waals surface area contributed by atoms with Crippen LogP contribution in [-0.4, -0.2) is 0 Å². The normalized spacial score (nSPS) is 13.7. The molecule has 0 saturated heterocycles. The number of nitrogens with two attached hydrogens (primary N) is 1. The van der Waals surface area contributed by atoms with Crippen molar-refractivity contribution >= 4 is 0 Å². The minimum atomic E-state index is 0.185. The van der Waals surface area contributed by atoms with Crippen LogP contribution in [-0.2, 0) is 6.42 Å². The molecule has 0 spiro atoms. The highest BCUT2D eigenvalue weighted by molar-refractivity contribution is 5.24. The smallest absolute Gasteiger partial charge is 0.0295 e. The molecule has 0 aliphatic carbocycles. The van der Waals surface area contributed by atoms with Gasteiger partial charge >= 0.3 is 0 Å². The van der Waals surface area contributed by atoms with Gasteiger partial charge in [-0.2, -0.15) is 0 Å². The van der Waals surface area contributed by atoms with Gasteiger partial charge in [0.2, 0.25) is 0 Å². The van der Waals surface area contributed by atoms with Gasteiger partial charge in [-0.3, -0.25) is 0 Å². The Morgan fingerprint density at radius 2 is 1.71 bits per heavy atom. The average Bonchev–Trinajstić information content (AvgIpc) is 2.26. The average molecular weight is 233 g/mol. The Balaban J connectivity index is 2.54. The molecular weight excluding hydrogens is 206 g/mol. The highest BCUT2D eigenvalue weighted by Crippen LogP contribution is 2.26. The molecule has 0 aliphatic rings. The molecule has 1 heteroatoms. The SMILES string of the molecule is CCCc1ccc(C(N)CCC(C)(C)C)cc1. The molecule has 0 aromatic heterocycles. The summed E-state index contributed by atoms with van der Waals surface area (Å²) in [6, 6.07) is 9.01. The Hall–Kier alpha value is -0.820. The third kappa shape index (κ3) is 5.36. The number of rotatable bonds is 5. The van der Waals surface area contributed by atoms with Gasteiger partial charge < -0.3 is 5.73 Å². The minimum absolute atomic E-state index is 0.185. The van der Waals surface area contributed by atoms with Crippen molar-refractivity contribution in [2.75, 3.05) is 0 Å². The Bertz CT molecular complexity index is 318. The number of hydrogen-bond acceptors (Lipinski definition) is 1. The molecule has 1 unspecified atom stereocenters. The van der Waals surface area contributed by atoms with Crippen LogP contribution in [0.2, 0.25) is 0 Å². The van der Waals surface area contributed by atoms with Gasteiger partial charge in [-0.05, 0) is 35.8 Å². The molecular formula is C16H27N. The molecule has 0 heterocycles. The fourth-order valence-electron chi connectivity index (χ4n) is 1.98. The molecule has 0 fully saturated rings. The molecule has 0 aliphatic heterocycles. The van der Waals surface area contributed by atoms with E-state index >= 15 is 0 Å². The Morgan fingerprint density at radius 3 is 2.18 bits per heavy atom. The van der Waals surface area contributed by atoms with Gasteiger partial charge in [-0.15, -0.1) is 0 Å². The maximum Gasteiger partial charge on any atom is 0.0295 e. The molecule has 0 bridgehead atoms. The van der Waals surface area contributed by atoms with E-state index in [9.17, 15) is 0 Å². The zero-order valence-electron chi connectivity index (χ0n) is 11.8. The largest absolute Gasteiger partial charge is 0.324 e. The first-order valence-electron chi connectivity index (χ1n) is 6.77. The van der Waals surface area contributed by atoms with E-state index < -0.39 is 0 Å². The van der Waals surface area contributed by atoms with Crippen molar-refractivity contribution in [3.63, 3.8) is 0 Å². The van der Waals surface area contributed by atoms with E-state index in [1.807, 2.05) is 0 Å². The van der Waals surface area contributed by atoms with E-state index in [-0.39, 0.29) is 6.04 Å². The zero-order chi connectivity index (χ0) is 12.9. The van der Waals surface area contributed by atoms with E-state index in [1.165, 1.54) is 24.0 Å². The lowest BCUT2D eigenvalue weighted by Gasteiger charge is -2.21. The molecule has 1 atom stereocenters. The number of hydrogen-bond donors (Lipinski definition) is 1. The summed E-state index contributed by atoms with van der Waals surface area (Å²) >= 11 is 0. The monoisotopic (exact) mass is 233 g/mol. The van der Waals surface area contributed by atoms with Crippen LogP contribution in [0.3, 0.4) is 0 Å². The van der Waals surface area contributed by atoms with Gasteiger partial charge in [0.05, 0.1) is 0 Å². The molecule has 1 nitrogen and oxygen atoms in total. The molecule has 0 radical (unpaired) electrons. The summed E-state index contributed by atoms with van der Waals surface area (Å²) in [6.45, 7) is 9.02.